The van der Waals surface area contributed by atoms with Crippen molar-refractivity contribution in [3.05, 3.63) is 76.7 Å². The lowest BCUT2D eigenvalue weighted by atomic mass is 9.94. The van der Waals surface area contributed by atoms with Gasteiger partial charge in [0.05, 0.1) is 13.5 Å². The van der Waals surface area contributed by atoms with Crippen LogP contribution in [-0.2, 0) is 16.0 Å². The summed E-state index contributed by atoms with van der Waals surface area (Å²) in [6.45, 7) is 0. The van der Waals surface area contributed by atoms with Crippen LogP contribution in [0.4, 0.5) is 5.69 Å². The Morgan fingerprint density at radius 1 is 1.09 bits per heavy atom. The first-order valence-corrected chi connectivity index (χ1v) is 12.2. The minimum absolute atomic E-state index is 0.136. The van der Waals surface area contributed by atoms with E-state index in [1.54, 1.807) is 36.5 Å². The summed E-state index contributed by atoms with van der Waals surface area (Å²) in [5.41, 5.74) is 1.38. The van der Waals surface area contributed by atoms with Crippen LogP contribution in [0.15, 0.2) is 66.3 Å². The Morgan fingerprint density at radius 2 is 1.82 bits per heavy atom. The number of carbonyl (C=O) groups excluding carboxylic acids is 2. The molecule has 0 radical (unpaired) electrons. The van der Waals surface area contributed by atoms with E-state index in [0.29, 0.717) is 11.4 Å². The highest BCUT2D eigenvalue weighted by Gasteiger charge is 2.34. The maximum atomic E-state index is 13.7. The lowest BCUT2D eigenvalue weighted by Crippen LogP contribution is -2.47. The first-order chi connectivity index (χ1) is 16.2. The van der Waals surface area contributed by atoms with E-state index in [-0.39, 0.29) is 24.3 Å². The summed E-state index contributed by atoms with van der Waals surface area (Å²) >= 11 is 1.54. The number of nitrogens with zero attached hydrogens (tertiary/aromatic N) is 2. The molecule has 1 unspecified atom stereocenters. The summed E-state index contributed by atoms with van der Waals surface area (Å²) in [7, 11) is 1.60. The predicted octanol–water partition coefficient (Wildman–Crippen LogP) is 4.92. The van der Waals surface area contributed by atoms with Crippen molar-refractivity contribution in [3.63, 3.8) is 0 Å². The van der Waals surface area contributed by atoms with Crippen molar-refractivity contribution in [3.8, 4) is 5.75 Å². The molecule has 3 aromatic rings. The van der Waals surface area contributed by atoms with Crippen molar-refractivity contribution in [2.75, 3.05) is 12.0 Å². The van der Waals surface area contributed by atoms with Crippen molar-refractivity contribution in [2.45, 2.75) is 50.6 Å². The van der Waals surface area contributed by atoms with Crippen LogP contribution >= 0.6 is 11.3 Å². The second-order valence-electron chi connectivity index (χ2n) is 8.24. The van der Waals surface area contributed by atoms with Gasteiger partial charge >= 0.3 is 0 Å². The van der Waals surface area contributed by atoms with Crippen LogP contribution in [0.2, 0.25) is 0 Å². The minimum Gasteiger partial charge on any atom is -0.497 e. The molecule has 1 aromatic carbocycles. The molecule has 0 saturated heterocycles. The Balaban J connectivity index is 1.72. The van der Waals surface area contributed by atoms with E-state index in [2.05, 4.69) is 10.3 Å². The summed E-state index contributed by atoms with van der Waals surface area (Å²) < 4.78 is 5.30. The Morgan fingerprint density at radius 3 is 2.45 bits per heavy atom. The van der Waals surface area contributed by atoms with Gasteiger partial charge in [-0.3, -0.25) is 19.5 Å². The molecule has 0 spiro atoms. The van der Waals surface area contributed by atoms with Crippen LogP contribution in [0.3, 0.4) is 0 Å². The number of pyridine rings is 1. The number of rotatable bonds is 8. The van der Waals surface area contributed by atoms with Gasteiger partial charge in [0.25, 0.3) is 0 Å². The Bertz CT molecular complexity index is 1030. The van der Waals surface area contributed by atoms with Gasteiger partial charge in [0.1, 0.15) is 11.8 Å². The maximum absolute atomic E-state index is 13.7. The molecule has 0 bridgehead atoms. The third kappa shape index (κ3) is 5.79. The summed E-state index contributed by atoms with van der Waals surface area (Å²) in [5, 5.41) is 5.18. The van der Waals surface area contributed by atoms with Gasteiger partial charge in [-0.25, -0.2) is 0 Å². The number of amides is 2. The number of carbonyl (C=O) groups is 2. The Hall–Kier alpha value is -3.19. The summed E-state index contributed by atoms with van der Waals surface area (Å²) in [6, 6.07) is 14.1. The smallest absolute Gasteiger partial charge is 0.248 e. The molecule has 2 amide bonds. The molecule has 1 aliphatic carbocycles. The Kier molecular flexibility index (Phi) is 7.73. The van der Waals surface area contributed by atoms with Crippen molar-refractivity contribution >= 4 is 28.8 Å². The van der Waals surface area contributed by atoms with Gasteiger partial charge < -0.3 is 10.1 Å². The zero-order chi connectivity index (χ0) is 23.0. The number of nitrogens with one attached hydrogen (secondary N) is 1. The summed E-state index contributed by atoms with van der Waals surface area (Å²) in [5.74, 6) is 0.392. The molecule has 33 heavy (non-hydrogen) atoms. The largest absolute Gasteiger partial charge is 0.497 e. The van der Waals surface area contributed by atoms with Gasteiger partial charge in [-0.15, -0.1) is 11.3 Å². The average Bonchev–Trinajstić information content (AvgIpc) is 3.36. The molecule has 7 heteroatoms. The normalized spacial score (nSPS) is 14.9. The molecule has 6 nitrogen and oxygen atoms in total. The lowest BCUT2D eigenvalue weighted by molar-refractivity contribution is -0.127. The molecule has 1 N–H and O–H groups in total. The second-order valence-corrected chi connectivity index (χ2v) is 9.28. The average molecular weight is 464 g/mol. The topological polar surface area (TPSA) is 71.5 Å². The molecule has 2 aromatic heterocycles. The third-order valence-electron chi connectivity index (χ3n) is 6.00. The third-order valence-corrected chi connectivity index (χ3v) is 6.88. The van der Waals surface area contributed by atoms with Gasteiger partial charge in [0.2, 0.25) is 11.8 Å². The number of thiophene rings is 1. The van der Waals surface area contributed by atoms with Crippen molar-refractivity contribution in [1.82, 2.24) is 10.3 Å². The predicted molar refractivity (Wildman–Crippen MR) is 130 cm³/mol. The van der Waals surface area contributed by atoms with Crippen LogP contribution < -0.4 is 15.0 Å². The molecule has 4 rings (SSSR count). The first-order valence-electron chi connectivity index (χ1n) is 11.3. The number of aromatic nitrogens is 1. The molecule has 172 valence electrons. The van der Waals surface area contributed by atoms with Gasteiger partial charge in [0.15, 0.2) is 0 Å². The monoisotopic (exact) mass is 463 g/mol. The van der Waals surface area contributed by atoms with Crippen LogP contribution in [0.1, 0.15) is 48.6 Å². The lowest BCUT2D eigenvalue weighted by Gasteiger charge is -2.33. The number of benzene rings is 1. The van der Waals surface area contributed by atoms with E-state index >= 15 is 0 Å². The van der Waals surface area contributed by atoms with Crippen LogP contribution in [0.5, 0.6) is 5.75 Å². The van der Waals surface area contributed by atoms with Crippen LogP contribution in [0, 0.1) is 0 Å². The van der Waals surface area contributed by atoms with Crippen molar-refractivity contribution in [1.29, 1.82) is 0 Å². The van der Waals surface area contributed by atoms with E-state index in [1.807, 2.05) is 41.8 Å². The fourth-order valence-electron chi connectivity index (χ4n) is 4.32. The van der Waals surface area contributed by atoms with E-state index in [1.165, 1.54) is 17.8 Å². The first kappa shape index (κ1) is 23.0. The van der Waals surface area contributed by atoms with E-state index < -0.39 is 6.04 Å². The van der Waals surface area contributed by atoms with Crippen molar-refractivity contribution in [2.24, 2.45) is 0 Å². The number of methoxy groups -OCH3 is 1. The SMILES string of the molecule is COc1ccc(N(C(=O)Cc2cccs2)C(C(=O)NC2CCCCC2)c2ccncc2)cc1. The highest BCUT2D eigenvalue weighted by molar-refractivity contribution is 7.10. The fraction of sp³-hybridized carbons (Fsp3) is 0.346. The molecule has 1 aliphatic rings. The van der Waals surface area contributed by atoms with Crippen molar-refractivity contribution < 1.29 is 14.3 Å². The second kappa shape index (κ2) is 11.1. The number of ether oxygens (including phenoxy) is 1. The van der Waals surface area contributed by atoms with Gasteiger partial charge in [-0.1, -0.05) is 25.3 Å². The van der Waals surface area contributed by atoms with Crippen LogP contribution in [0.25, 0.3) is 0 Å². The highest BCUT2D eigenvalue weighted by Crippen LogP contribution is 2.31. The van der Waals surface area contributed by atoms with Gasteiger partial charge in [-0.05, 0) is 66.2 Å². The number of hydrogen-bond acceptors (Lipinski definition) is 5. The molecule has 2 heterocycles. The quantitative estimate of drug-likeness (QED) is 0.515. The van der Waals surface area contributed by atoms with E-state index in [0.717, 1.165) is 36.1 Å². The summed E-state index contributed by atoms with van der Waals surface area (Å²) in [6.07, 6.45) is 8.92. The number of hydrogen-bond donors (Lipinski definition) is 1. The standard InChI is InChI=1S/C26H29N3O3S/c1-32-22-11-9-21(10-12-22)29(24(30)18-23-8-5-17-33-23)25(19-13-15-27-16-14-19)26(31)28-20-6-3-2-4-7-20/h5,8-17,20,25H,2-4,6-7,18H2,1H3,(H,28,31). The Labute approximate surface area is 198 Å². The molecular formula is C26H29N3O3S. The molecule has 1 atom stereocenters. The molecule has 0 aliphatic heterocycles. The van der Waals surface area contributed by atoms with E-state index in [9.17, 15) is 9.59 Å². The molecular weight excluding hydrogens is 434 g/mol. The van der Waals surface area contributed by atoms with E-state index in [4.69, 9.17) is 4.74 Å². The number of anilines is 1. The zero-order valence-corrected chi connectivity index (χ0v) is 19.6. The van der Waals surface area contributed by atoms with Crippen LogP contribution in [-0.4, -0.2) is 29.9 Å². The summed E-state index contributed by atoms with van der Waals surface area (Å²) in [4.78, 5) is 34.1. The molecule has 1 saturated carbocycles. The minimum atomic E-state index is -0.796. The zero-order valence-electron chi connectivity index (χ0n) is 18.8. The van der Waals surface area contributed by atoms with Gasteiger partial charge in [0, 0.05) is 29.0 Å². The van der Waals surface area contributed by atoms with Gasteiger partial charge in [-0.2, -0.15) is 0 Å². The fourth-order valence-corrected chi connectivity index (χ4v) is 5.01. The molecule has 1 fully saturated rings. The maximum Gasteiger partial charge on any atom is 0.248 e. The highest BCUT2D eigenvalue weighted by atomic mass is 32.1.